The normalized spacial score (nSPS) is 20.2. The highest BCUT2D eigenvalue weighted by Gasteiger charge is 2.28. The van der Waals surface area contributed by atoms with E-state index in [-0.39, 0.29) is 0 Å². The first-order valence-electron chi connectivity index (χ1n) is 10.6. The van der Waals surface area contributed by atoms with E-state index in [1.807, 2.05) is 16.0 Å². The highest BCUT2D eigenvalue weighted by atomic mass is 32.1. The van der Waals surface area contributed by atoms with Crippen molar-refractivity contribution < 1.29 is 4.74 Å². The van der Waals surface area contributed by atoms with Gasteiger partial charge in [0.25, 0.3) is 0 Å². The Kier molecular flexibility index (Phi) is 5.73. The molecule has 2 fully saturated rings. The van der Waals surface area contributed by atoms with Crippen molar-refractivity contribution in [1.29, 1.82) is 0 Å². The third-order valence-electron chi connectivity index (χ3n) is 5.93. The minimum absolute atomic E-state index is 0.461. The second kappa shape index (κ2) is 8.63. The minimum Gasteiger partial charge on any atom is -0.378 e. The van der Waals surface area contributed by atoms with E-state index < -0.39 is 0 Å². The van der Waals surface area contributed by atoms with Crippen LogP contribution in [0.2, 0.25) is 0 Å². The molecule has 0 saturated carbocycles. The lowest BCUT2D eigenvalue weighted by Crippen LogP contribution is -2.38. The summed E-state index contributed by atoms with van der Waals surface area (Å²) in [5.74, 6) is 0.917. The van der Waals surface area contributed by atoms with Gasteiger partial charge in [0.05, 0.1) is 25.6 Å². The highest BCUT2D eigenvalue weighted by molar-refractivity contribution is 7.71. The molecule has 2 aliphatic rings. The summed E-state index contributed by atoms with van der Waals surface area (Å²) in [7, 11) is 0. The number of likely N-dealkylation sites (tertiary alicyclic amines) is 1. The molecule has 0 bridgehead atoms. The molecule has 8 heteroatoms. The van der Waals surface area contributed by atoms with E-state index in [0.29, 0.717) is 6.04 Å². The zero-order valence-electron chi connectivity index (χ0n) is 17.2. The quantitative estimate of drug-likeness (QED) is 0.549. The number of aromatic nitrogens is 3. The molecular weight excluding hydrogens is 414 g/mol. The predicted octanol–water partition coefficient (Wildman–Crippen LogP) is 4.40. The van der Waals surface area contributed by atoms with E-state index in [9.17, 15) is 0 Å². The molecule has 0 unspecified atom stereocenters. The fraction of sp³-hybridized carbons (Fsp3) is 0.455. The van der Waals surface area contributed by atoms with E-state index >= 15 is 0 Å². The van der Waals surface area contributed by atoms with Gasteiger partial charge in [0.1, 0.15) is 0 Å². The van der Waals surface area contributed by atoms with Gasteiger partial charge in [0.2, 0.25) is 10.7 Å². The molecule has 2 aliphatic heterocycles. The molecule has 2 aromatic heterocycles. The van der Waals surface area contributed by atoms with Crippen LogP contribution in [0.25, 0.3) is 5.69 Å². The third-order valence-corrected chi connectivity index (χ3v) is 7.29. The maximum Gasteiger partial charge on any atom is 0.230 e. The number of thiophene rings is 1. The zero-order chi connectivity index (χ0) is 20.5. The number of aryl methyl sites for hydroxylation is 1. The van der Waals surface area contributed by atoms with Gasteiger partial charge < -0.3 is 9.64 Å². The minimum atomic E-state index is 0.461. The van der Waals surface area contributed by atoms with Gasteiger partial charge in [-0.1, -0.05) is 18.2 Å². The molecule has 158 valence electrons. The molecule has 30 heavy (non-hydrogen) atoms. The molecule has 0 radical (unpaired) electrons. The van der Waals surface area contributed by atoms with Crippen LogP contribution in [-0.2, 0) is 11.4 Å². The second-order valence-corrected chi connectivity index (χ2v) is 9.33. The van der Waals surface area contributed by atoms with Crippen LogP contribution in [0, 0.1) is 11.7 Å². The number of ether oxygens (including phenoxy) is 1. The lowest BCUT2D eigenvalue weighted by atomic mass is 10.2. The Morgan fingerprint density at radius 2 is 2.03 bits per heavy atom. The van der Waals surface area contributed by atoms with Crippen molar-refractivity contribution in [2.75, 3.05) is 37.7 Å². The molecule has 5 rings (SSSR count). The van der Waals surface area contributed by atoms with Gasteiger partial charge in [-0.2, -0.15) is 0 Å². The van der Waals surface area contributed by atoms with Crippen molar-refractivity contribution in [1.82, 2.24) is 19.2 Å². The number of hydrogen-bond acceptors (Lipinski definition) is 6. The summed E-state index contributed by atoms with van der Waals surface area (Å²) < 4.78 is 10.5. The summed E-state index contributed by atoms with van der Waals surface area (Å²) in [6.07, 6.45) is 2.41. The number of anilines is 1. The maximum absolute atomic E-state index is 5.96. The Balaban J connectivity index is 1.52. The standard InChI is InChI=1S/C22H27N5OS2/c1-17-5-2-6-18(15-17)27-21(24-10-12-28-13-11-24)23-26(22(27)29)16-25-9-3-7-19(25)20-8-4-14-30-20/h2,4-6,8,14-15,19H,3,7,9-13,16H2,1H3/t19-/m0/s1. The SMILES string of the molecule is Cc1cccc(-n2c(N3CCOCC3)nn(CN3CCC[C@H]3c3cccs3)c2=S)c1. The fourth-order valence-corrected chi connectivity index (χ4v) is 5.60. The Labute approximate surface area is 186 Å². The Bertz CT molecular complexity index is 1050. The molecule has 0 N–H and O–H groups in total. The van der Waals surface area contributed by atoms with Crippen LogP contribution in [0.4, 0.5) is 5.95 Å². The first kappa shape index (κ1) is 19.9. The molecule has 0 aliphatic carbocycles. The molecule has 1 atom stereocenters. The van der Waals surface area contributed by atoms with E-state index in [1.165, 1.54) is 23.3 Å². The molecular formula is C22H27N5OS2. The van der Waals surface area contributed by atoms with Crippen molar-refractivity contribution in [2.24, 2.45) is 0 Å². The molecule has 3 aromatic rings. The zero-order valence-corrected chi connectivity index (χ0v) is 18.9. The lowest BCUT2D eigenvalue weighted by molar-refractivity contribution is 0.121. The van der Waals surface area contributed by atoms with Crippen molar-refractivity contribution in [3.05, 3.63) is 57.0 Å². The largest absolute Gasteiger partial charge is 0.378 e. The summed E-state index contributed by atoms with van der Waals surface area (Å²) in [5, 5.41) is 7.19. The molecule has 2 saturated heterocycles. The second-order valence-electron chi connectivity index (χ2n) is 7.98. The van der Waals surface area contributed by atoms with E-state index in [4.69, 9.17) is 22.1 Å². The number of nitrogens with zero attached hydrogens (tertiary/aromatic N) is 5. The monoisotopic (exact) mass is 441 g/mol. The van der Waals surface area contributed by atoms with Crippen LogP contribution in [-0.4, -0.2) is 52.1 Å². The number of benzene rings is 1. The van der Waals surface area contributed by atoms with E-state index in [1.54, 1.807) is 0 Å². The van der Waals surface area contributed by atoms with Crippen molar-refractivity contribution in [2.45, 2.75) is 32.5 Å². The Morgan fingerprint density at radius 3 is 2.80 bits per heavy atom. The number of rotatable bonds is 5. The first-order chi connectivity index (χ1) is 14.7. The lowest BCUT2D eigenvalue weighted by Gasteiger charge is -2.27. The average Bonchev–Trinajstić information content (AvgIpc) is 3.50. The van der Waals surface area contributed by atoms with Gasteiger partial charge >= 0.3 is 0 Å². The van der Waals surface area contributed by atoms with Crippen molar-refractivity contribution in [3.8, 4) is 5.69 Å². The topological polar surface area (TPSA) is 38.5 Å². The first-order valence-corrected chi connectivity index (χ1v) is 11.9. The van der Waals surface area contributed by atoms with Gasteiger partial charge in [-0.05, 0) is 61.1 Å². The van der Waals surface area contributed by atoms with E-state index in [0.717, 1.165) is 55.9 Å². The van der Waals surface area contributed by atoms with Crippen LogP contribution in [0.15, 0.2) is 41.8 Å². The van der Waals surface area contributed by atoms with Crippen LogP contribution in [0.3, 0.4) is 0 Å². The van der Waals surface area contributed by atoms with Crippen molar-refractivity contribution >= 4 is 29.5 Å². The van der Waals surface area contributed by atoms with Gasteiger partial charge in [0, 0.05) is 30.6 Å². The summed E-state index contributed by atoms with van der Waals surface area (Å²) in [6.45, 7) is 7.02. The predicted molar refractivity (Wildman–Crippen MR) is 123 cm³/mol. The molecule has 0 spiro atoms. The summed E-state index contributed by atoms with van der Waals surface area (Å²) in [6, 6.07) is 13.3. The summed E-state index contributed by atoms with van der Waals surface area (Å²) >= 11 is 7.81. The van der Waals surface area contributed by atoms with Crippen LogP contribution in [0.5, 0.6) is 0 Å². The van der Waals surface area contributed by atoms with Gasteiger partial charge in [-0.3, -0.25) is 9.47 Å². The summed E-state index contributed by atoms with van der Waals surface area (Å²) in [4.78, 5) is 6.24. The molecule has 4 heterocycles. The number of hydrogen-bond donors (Lipinski definition) is 0. The Hall–Kier alpha value is -2.00. The van der Waals surface area contributed by atoms with Gasteiger partial charge in [-0.15, -0.1) is 16.4 Å². The fourth-order valence-electron chi connectivity index (χ4n) is 4.42. The smallest absolute Gasteiger partial charge is 0.230 e. The molecule has 0 amide bonds. The van der Waals surface area contributed by atoms with E-state index in [2.05, 4.69) is 63.1 Å². The Morgan fingerprint density at radius 1 is 1.17 bits per heavy atom. The van der Waals surface area contributed by atoms with Gasteiger partial charge in [0.15, 0.2) is 0 Å². The van der Waals surface area contributed by atoms with Crippen molar-refractivity contribution in [3.63, 3.8) is 0 Å². The number of morpholine rings is 1. The third kappa shape index (κ3) is 3.85. The molecule has 1 aromatic carbocycles. The molecule has 6 nitrogen and oxygen atoms in total. The highest BCUT2D eigenvalue weighted by Crippen LogP contribution is 2.35. The van der Waals surface area contributed by atoms with Crippen LogP contribution >= 0.6 is 23.6 Å². The van der Waals surface area contributed by atoms with Crippen LogP contribution < -0.4 is 4.90 Å². The van der Waals surface area contributed by atoms with Gasteiger partial charge in [-0.25, -0.2) is 4.68 Å². The van der Waals surface area contributed by atoms with Crippen LogP contribution in [0.1, 0.15) is 29.3 Å². The summed E-state index contributed by atoms with van der Waals surface area (Å²) in [5.41, 5.74) is 2.29. The maximum atomic E-state index is 5.96. The average molecular weight is 442 g/mol.